The molecule has 144 valence electrons. The minimum absolute atomic E-state index is 0.0397. The van der Waals surface area contributed by atoms with Gasteiger partial charge >= 0.3 is 0 Å². The van der Waals surface area contributed by atoms with E-state index in [2.05, 4.69) is 53.1 Å². The van der Waals surface area contributed by atoms with Gasteiger partial charge < -0.3 is 15.0 Å². The lowest BCUT2D eigenvalue weighted by atomic mass is 9.95. The van der Waals surface area contributed by atoms with Gasteiger partial charge in [-0.05, 0) is 50.3 Å². The van der Waals surface area contributed by atoms with Crippen LogP contribution in [0.5, 0.6) is 5.88 Å². The summed E-state index contributed by atoms with van der Waals surface area (Å²) in [6.45, 7) is 8.45. The number of carbonyl (C=O) groups is 1. The summed E-state index contributed by atoms with van der Waals surface area (Å²) in [7, 11) is 1.60. The molecule has 0 aliphatic carbocycles. The van der Waals surface area contributed by atoms with E-state index in [1.165, 1.54) is 22.3 Å². The first-order valence-electron chi connectivity index (χ1n) is 9.44. The Hall–Kier alpha value is -2.63. The minimum Gasteiger partial charge on any atom is -0.481 e. The number of carbonyl (C=O) groups excluding carboxylic acids is 1. The van der Waals surface area contributed by atoms with Gasteiger partial charge in [0.25, 0.3) is 0 Å². The van der Waals surface area contributed by atoms with E-state index in [0.29, 0.717) is 18.4 Å². The molecule has 0 radical (unpaired) electrons. The summed E-state index contributed by atoms with van der Waals surface area (Å²) in [6.07, 6.45) is 3.31. The summed E-state index contributed by atoms with van der Waals surface area (Å²) in [5.41, 5.74) is 4.94. The molecule has 1 fully saturated rings. The summed E-state index contributed by atoms with van der Waals surface area (Å²) in [5, 5.41) is 3.13. The summed E-state index contributed by atoms with van der Waals surface area (Å²) in [4.78, 5) is 23.4. The Morgan fingerprint density at radius 2 is 1.89 bits per heavy atom. The third kappa shape index (κ3) is 4.56. The molecule has 0 bridgehead atoms. The molecule has 1 aliphatic heterocycles. The van der Waals surface area contributed by atoms with Gasteiger partial charge in [-0.15, -0.1) is 0 Å². The average molecular weight is 368 g/mol. The Kier molecular flexibility index (Phi) is 5.94. The highest BCUT2D eigenvalue weighted by Gasteiger charge is 2.26. The van der Waals surface area contributed by atoms with Crippen LogP contribution < -0.4 is 15.0 Å². The van der Waals surface area contributed by atoms with E-state index < -0.39 is 0 Å². The van der Waals surface area contributed by atoms with Crippen LogP contribution in [0.2, 0.25) is 0 Å². The molecule has 2 heterocycles. The number of hydrogen-bond donors (Lipinski definition) is 1. The summed E-state index contributed by atoms with van der Waals surface area (Å²) >= 11 is 0. The van der Waals surface area contributed by atoms with E-state index in [0.717, 1.165) is 25.9 Å². The van der Waals surface area contributed by atoms with Gasteiger partial charge in [-0.25, -0.2) is 4.98 Å². The number of nitrogens with zero attached hydrogens (tertiary/aromatic N) is 3. The van der Waals surface area contributed by atoms with Gasteiger partial charge in [0.1, 0.15) is 0 Å². The Labute approximate surface area is 161 Å². The molecule has 1 N–H and O–H groups in total. The molecule has 0 saturated carbocycles. The third-order valence-electron chi connectivity index (χ3n) is 5.25. The van der Waals surface area contributed by atoms with Crippen LogP contribution in [-0.4, -0.2) is 36.1 Å². The van der Waals surface area contributed by atoms with Crippen molar-refractivity contribution in [3.63, 3.8) is 0 Å². The Morgan fingerprint density at radius 1 is 1.22 bits per heavy atom. The van der Waals surface area contributed by atoms with E-state index in [4.69, 9.17) is 4.74 Å². The maximum Gasteiger partial charge on any atom is 0.228 e. The standard InChI is InChI=1S/C21H28N4O2/c1-14-11-15(2)18(16(3)12-14)13-23-20(26)17-6-9-25(10-7-17)21-22-8-5-19(24-21)27-4/h5,8,11-12,17H,6-7,9-10,13H2,1-4H3,(H,23,26). The second-order valence-electron chi connectivity index (χ2n) is 7.26. The van der Waals surface area contributed by atoms with E-state index in [1.807, 2.05) is 0 Å². The van der Waals surface area contributed by atoms with Crippen molar-refractivity contribution in [1.82, 2.24) is 15.3 Å². The second kappa shape index (κ2) is 8.37. The molecule has 1 saturated heterocycles. The van der Waals surface area contributed by atoms with Crippen LogP contribution in [0.1, 0.15) is 35.1 Å². The van der Waals surface area contributed by atoms with Gasteiger partial charge in [0.2, 0.25) is 17.7 Å². The normalized spacial score (nSPS) is 14.9. The summed E-state index contributed by atoms with van der Waals surface area (Å²) in [6, 6.07) is 6.07. The molecule has 1 aromatic heterocycles. The number of rotatable bonds is 5. The van der Waals surface area contributed by atoms with Gasteiger partial charge in [-0.3, -0.25) is 4.79 Å². The van der Waals surface area contributed by atoms with E-state index in [1.54, 1.807) is 19.4 Å². The number of nitrogens with one attached hydrogen (secondary N) is 1. The van der Waals surface area contributed by atoms with Crippen molar-refractivity contribution >= 4 is 11.9 Å². The minimum atomic E-state index is 0.0397. The van der Waals surface area contributed by atoms with Gasteiger partial charge in [-0.2, -0.15) is 4.98 Å². The molecule has 1 amide bonds. The number of anilines is 1. The number of aryl methyl sites for hydroxylation is 3. The van der Waals surface area contributed by atoms with Crippen LogP contribution >= 0.6 is 0 Å². The van der Waals surface area contributed by atoms with Crippen LogP contribution in [0.15, 0.2) is 24.4 Å². The molecule has 0 unspecified atom stereocenters. The molecule has 1 aromatic carbocycles. The van der Waals surface area contributed by atoms with Crippen molar-refractivity contribution in [1.29, 1.82) is 0 Å². The van der Waals surface area contributed by atoms with Crippen molar-refractivity contribution in [3.05, 3.63) is 46.6 Å². The fraction of sp³-hybridized carbons (Fsp3) is 0.476. The average Bonchev–Trinajstić information content (AvgIpc) is 2.67. The molecule has 6 nitrogen and oxygen atoms in total. The lowest BCUT2D eigenvalue weighted by Crippen LogP contribution is -2.41. The predicted octanol–water partition coefficient (Wildman–Crippen LogP) is 2.94. The predicted molar refractivity (Wildman–Crippen MR) is 106 cm³/mol. The lowest BCUT2D eigenvalue weighted by molar-refractivity contribution is -0.125. The number of benzene rings is 1. The van der Waals surface area contributed by atoms with E-state index in [-0.39, 0.29) is 11.8 Å². The van der Waals surface area contributed by atoms with Crippen molar-refractivity contribution in [3.8, 4) is 5.88 Å². The Balaban J connectivity index is 1.54. The molecule has 27 heavy (non-hydrogen) atoms. The molecule has 1 aliphatic rings. The number of hydrogen-bond acceptors (Lipinski definition) is 5. The van der Waals surface area contributed by atoms with Crippen molar-refractivity contribution in [2.75, 3.05) is 25.1 Å². The zero-order valence-corrected chi connectivity index (χ0v) is 16.6. The first-order valence-corrected chi connectivity index (χ1v) is 9.44. The highest BCUT2D eigenvalue weighted by Crippen LogP contribution is 2.22. The quantitative estimate of drug-likeness (QED) is 0.879. The topological polar surface area (TPSA) is 67.3 Å². The first kappa shape index (κ1) is 19.1. The second-order valence-corrected chi connectivity index (χ2v) is 7.26. The maximum absolute atomic E-state index is 12.6. The molecular weight excluding hydrogens is 340 g/mol. The molecule has 0 atom stereocenters. The largest absolute Gasteiger partial charge is 0.481 e. The van der Waals surface area contributed by atoms with Crippen LogP contribution in [0, 0.1) is 26.7 Å². The Bertz CT molecular complexity index is 791. The van der Waals surface area contributed by atoms with E-state index >= 15 is 0 Å². The fourth-order valence-electron chi connectivity index (χ4n) is 3.75. The highest BCUT2D eigenvalue weighted by molar-refractivity contribution is 5.79. The Morgan fingerprint density at radius 3 is 2.52 bits per heavy atom. The van der Waals surface area contributed by atoms with Gasteiger partial charge in [0.05, 0.1) is 7.11 Å². The highest BCUT2D eigenvalue weighted by atomic mass is 16.5. The summed E-state index contributed by atoms with van der Waals surface area (Å²) in [5.74, 6) is 1.40. The number of amides is 1. The van der Waals surface area contributed by atoms with Gasteiger partial charge in [0, 0.05) is 37.8 Å². The molecule has 2 aromatic rings. The monoisotopic (exact) mass is 368 g/mol. The molecule has 6 heteroatoms. The lowest BCUT2D eigenvalue weighted by Gasteiger charge is -2.31. The van der Waals surface area contributed by atoms with Crippen molar-refractivity contribution in [2.24, 2.45) is 5.92 Å². The third-order valence-corrected chi connectivity index (χ3v) is 5.25. The number of piperidine rings is 1. The molecular formula is C21H28N4O2. The van der Waals surface area contributed by atoms with Gasteiger partial charge in [0.15, 0.2) is 0 Å². The number of aromatic nitrogens is 2. The first-order chi connectivity index (χ1) is 13.0. The van der Waals surface area contributed by atoms with Gasteiger partial charge in [-0.1, -0.05) is 17.7 Å². The zero-order chi connectivity index (χ0) is 19.4. The molecule has 0 spiro atoms. The van der Waals surface area contributed by atoms with Crippen LogP contribution in [0.25, 0.3) is 0 Å². The van der Waals surface area contributed by atoms with E-state index in [9.17, 15) is 4.79 Å². The smallest absolute Gasteiger partial charge is 0.228 e. The van der Waals surface area contributed by atoms with Crippen LogP contribution in [0.4, 0.5) is 5.95 Å². The molecule has 3 rings (SSSR count). The summed E-state index contributed by atoms with van der Waals surface area (Å²) < 4.78 is 5.16. The van der Waals surface area contributed by atoms with Crippen molar-refractivity contribution < 1.29 is 9.53 Å². The van der Waals surface area contributed by atoms with Crippen molar-refractivity contribution in [2.45, 2.75) is 40.2 Å². The van der Waals surface area contributed by atoms with Crippen LogP contribution in [-0.2, 0) is 11.3 Å². The van der Waals surface area contributed by atoms with Crippen LogP contribution in [0.3, 0.4) is 0 Å². The number of methoxy groups -OCH3 is 1. The fourth-order valence-corrected chi connectivity index (χ4v) is 3.75. The number of ether oxygens (including phenoxy) is 1. The SMILES string of the molecule is COc1ccnc(N2CCC(C(=O)NCc3c(C)cc(C)cc3C)CC2)n1. The zero-order valence-electron chi connectivity index (χ0n) is 16.6. The maximum atomic E-state index is 12.6.